The van der Waals surface area contributed by atoms with Gasteiger partial charge in [0.25, 0.3) is 0 Å². The fraction of sp³-hybridized carbons (Fsp3) is 0.308. The van der Waals surface area contributed by atoms with E-state index in [1.807, 2.05) is 58.0 Å². The van der Waals surface area contributed by atoms with Crippen LogP contribution in [0.2, 0.25) is 5.02 Å². The third kappa shape index (κ3) is 4.72. The zero-order chi connectivity index (χ0) is 24.4. The van der Waals surface area contributed by atoms with Crippen molar-refractivity contribution in [3.05, 3.63) is 71.3 Å². The van der Waals surface area contributed by atoms with E-state index in [9.17, 15) is 4.79 Å². The third-order valence-corrected chi connectivity index (χ3v) is 6.68. The molecule has 2 aromatic heterocycles. The Kier molecular flexibility index (Phi) is 6.66. The molecule has 0 radical (unpaired) electrons. The van der Waals surface area contributed by atoms with Gasteiger partial charge < -0.3 is 19.9 Å². The van der Waals surface area contributed by atoms with Gasteiger partial charge in [0.2, 0.25) is 11.9 Å². The Morgan fingerprint density at radius 3 is 2.74 bits per heavy atom. The number of likely N-dealkylation sites (tertiary alicyclic amines) is 1. The van der Waals surface area contributed by atoms with Crippen LogP contribution in [-0.4, -0.2) is 44.0 Å². The summed E-state index contributed by atoms with van der Waals surface area (Å²) in [7, 11) is 1.63. The number of imidazole rings is 1. The zero-order valence-corrected chi connectivity index (χ0v) is 20.3. The Hall–Kier alpha value is -3.49. The number of amides is 1. The van der Waals surface area contributed by atoms with Crippen molar-refractivity contribution in [2.75, 3.05) is 19.4 Å². The molecule has 2 N–H and O–H groups in total. The summed E-state index contributed by atoms with van der Waals surface area (Å²) in [6.07, 6.45) is 4.48. The SMILES string of the molecule is COCc1nc2ccccc2n1CC(=O)N1CCCC[C@@H]1c1nc(N)ncc1-c1ccc(Cl)cc1. The zero-order valence-electron chi connectivity index (χ0n) is 19.5. The fourth-order valence-electron chi connectivity index (χ4n) is 4.80. The standard InChI is InChI=1S/C26H27ClN6O2/c1-35-16-23-30-20-6-2-3-7-21(20)33(23)15-24(34)32-13-5-4-8-22(32)25-19(14-29-26(28)31-25)17-9-11-18(27)12-10-17/h2-3,6-7,9-12,14,22H,4-5,8,13,15-16H2,1H3,(H2,28,29,31)/t22-/m1/s1. The lowest BCUT2D eigenvalue weighted by Crippen LogP contribution is -2.41. The Bertz CT molecular complexity index is 1350. The Morgan fingerprint density at radius 2 is 1.94 bits per heavy atom. The summed E-state index contributed by atoms with van der Waals surface area (Å²) in [6.45, 7) is 1.15. The van der Waals surface area contributed by atoms with Gasteiger partial charge in [-0.1, -0.05) is 35.9 Å². The highest BCUT2D eigenvalue weighted by Crippen LogP contribution is 2.36. The molecule has 1 aliphatic heterocycles. The van der Waals surface area contributed by atoms with Crippen LogP contribution in [0.1, 0.15) is 36.8 Å². The number of halogens is 1. The minimum absolute atomic E-state index is 0.00875. The van der Waals surface area contributed by atoms with Crippen molar-refractivity contribution in [1.29, 1.82) is 0 Å². The highest BCUT2D eigenvalue weighted by Gasteiger charge is 2.32. The third-order valence-electron chi connectivity index (χ3n) is 6.43. The summed E-state index contributed by atoms with van der Waals surface area (Å²) in [5, 5.41) is 0.653. The van der Waals surface area contributed by atoms with Crippen molar-refractivity contribution in [2.24, 2.45) is 0 Å². The van der Waals surface area contributed by atoms with Gasteiger partial charge in [-0.3, -0.25) is 4.79 Å². The van der Waals surface area contributed by atoms with Gasteiger partial charge in [0.1, 0.15) is 19.0 Å². The van der Waals surface area contributed by atoms with Crippen LogP contribution in [0.4, 0.5) is 5.95 Å². The van der Waals surface area contributed by atoms with Crippen molar-refractivity contribution in [1.82, 2.24) is 24.4 Å². The summed E-state index contributed by atoms with van der Waals surface area (Å²) in [6, 6.07) is 15.2. The van der Waals surface area contributed by atoms with Crippen molar-refractivity contribution in [3.8, 4) is 11.1 Å². The number of nitrogens with two attached hydrogens (primary N) is 1. The fourth-order valence-corrected chi connectivity index (χ4v) is 4.92. The van der Waals surface area contributed by atoms with Crippen molar-refractivity contribution >= 4 is 34.5 Å². The van der Waals surface area contributed by atoms with Gasteiger partial charge in [-0.05, 0) is 49.1 Å². The smallest absolute Gasteiger partial charge is 0.243 e. The molecule has 3 heterocycles. The molecular formula is C26H27ClN6O2. The number of nitrogen functional groups attached to an aromatic ring is 1. The lowest BCUT2D eigenvalue weighted by Gasteiger charge is -2.36. The molecule has 1 saturated heterocycles. The Labute approximate surface area is 208 Å². The predicted molar refractivity (Wildman–Crippen MR) is 136 cm³/mol. The lowest BCUT2D eigenvalue weighted by atomic mass is 9.93. The molecule has 9 heteroatoms. The number of hydrogen-bond donors (Lipinski definition) is 1. The minimum atomic E-state index is -0.201. The van der Waals surface area contributed by atoms with Crippen molar-refractivity contribution in [3.63, 3.8) is 0 Å². The number of hydrogen-bond acceptors (Lipinski definition) is 6. The number of fused-ring (bicyclic) bond motifs is 1. The highest BCUT2D eigenvalue weighted by atomic mass is 35.5. The van der Waals surface area contributed by atoms with E-state index in [-0.39, 0.29) is 24.4 Å². The number of methoxy groups -OCH3 is 1. The van der Waals surface area contributed by atoms with Crippen LogP contribution in [0.15, 0.2) is 54.7 Å². The van der Waals surface area contributed by atoms with Crippen LogP contribution < -0.4 is 5.73 Å². The van der Waals surface area contributed by atoms with E-state index >= 15 is 0 Å². The molecule has 4 aromatic rings. The number of benzene rings is 2. The van der Waals surface area contributed by atoms with Crippen LogP contribution >= 0.6 is 11.6 Å². The van der Waals surface area contributed by atoms with E-state index in [2.05, 4.69) is 15.0 Å². The molecule has 1 amide bonds. The Morgan fingerprint density at radius 1 is 1.14 bits per heavy atom. The van der Waals surface area contributed by atoms with E-state index < -0.39 is 0 Å². The molecule has 8 nitrogen and oxygen atoms in total. The molecule has 0 unspecified atom stereocenters. The molecule has 180 valence electrons. The van der Waals surface area contributed by atoms with Gasteiger partial charge >= 0.3 is 0 Å². The molecule has 1 atom stereocenters. The first-order valence-corrected chi connectivity index (χ1v) is 12.0. The van der Waals surface area contributed by atoms with Gasteiger partial charge in [-0.15, -0.1) is 0 Å². The molecule has 0 spiro atoms. The van der Waals surface area contributed by atoms with Gasteiger partial charge in [0, 0.05) is 30.4 Å². The van der Waals surface area contributed by atoms with Crippen molar-refractivity contribution in [2.45, 2.75) is 38.5 Å². The number of aromatic nitrogens is 4. The van der Waals surface area contributed by atoms with E-state index in [0.717, 1.165) is 52.9 Å². The van der Waals surface area contributed by atoms with Crippen molar-refractivity contribution < 1.29 is 9.53 Å². The second kappa shape index (κ2) is 10.0. The predicted octanol–water partition coefficient (Wildman–Crippen LogP) is 4.63. The van der Waals surface area contributed by atoms with Gasteiger partial charge in [-0.2, -0.15) is 0 Å². The first-order chi connectivity index (χ1) is 17.0. The second-order valence-corrected chi connectivity index (χ2v) is 9.11. The topological polar surface area (TPSA) is 99.2 Å². The van der Waals surface area contributed by atoms with Crippen LogP contribution in [0.5, 0.6) is 0 Å². The number of piperidine rings is 1. The Balaban J connectivity index is 1.50. The number of nitrogens with zero attached hydrogens (tertiary/aromatic N) is 5. The first-order valence-electron chi connectivity index (χ1n) is 11.7. The molecule has 0 aliphatic carbocycles. The van der Waals surface area contributed by atoms with E-state index in [1.54, 1.807) is 13.3 Å². The molecule has 35 heavy (non-hydrogen) atoms. The van der Waals surface area contributed by atoms with Crippen LogP contribution in [0, 0.1) is 0 Å². The summed E-state index contributed by atoms with van der Waals surface area (Å²) >= 11 is 6.10. The molecule has 0 saturated carbocycles. The number of anilines is 1. The maximum atomic E-state index is 13.8. The highest BCUT2D eigenvalue weighted by molar-refractivity contribution is 6.30. The number of ether oxygens (including phenoxy) is 1. The van der Waals surface area contributed by atoms with Crippen LogP contribution in [0.25, 0.3) is 22.2 Å². The summed E-state index contributed by atoms with van der Waals surface area (Å²) in [5.41, 5.74) is 10.3. The average molecular weight is 491 g/mol. The maximum Gasteiger partial charge on any atom is 0.243 e. The molecule has 1 aliphatic rings. The number of para-hydroxylation sites is 2. The van der Waals surface area contributed by atoms with Gasteiger partial charge in [0.05, 0.1) is 22.8 Å². The minimum Gasteiger partial charge on any atom is -0.377 e. The summed E-state index contributed by atoms with van der Waals surface area (Å²) in [5.74, 6) is 0.928. The molecule has 5 rings (SSSR count). The monoisotopic (exact) mass is 490 g/mol. The maximum absolute atomic E-state index is 13.8. The number of carbonyl (C=O) groups excluding carboxylic acids is 1. The second-order valence-electron chi connectivity index (χ2n) is 8.67. The molecule has 0 bridgehead atoms. The number of carbonyl (C=O) groups is 1. The summed E-state index contributed by atoms with van der Waals surface area (Å²) in [4.78, 5) is 29.2. The van der Waals surface area contributed by atoms with E-state index in [0.29, 0.717) is 18.2 Å². The van der Waals surface area contributed by atoms with Crippen LogP contribution in [-0.2, 0) is 22.7 Å². The lowest BCUT2D eigenvalue weighted by molar-refractivity contribution is -0.135. The van der Waals surface area contributed by atoms with E-state index in [1.165, 1.54) is 0 Å². The molecule has 2 aromatic carbocycles. The first kappa shape index (κ1) is 23.3. The number of rotatable bonds is 6. The normalized spacial score (nSPS) is 16.1. The largest absolute Gasteiger partial charge is 0.377 e. The quantitative estimate of drug-likeness (QED) is 0.423. The average Bonchev–Trinajstić information content (AvgIpc) is 3.21. The van der Waals surface area contributed by atoms with E-state index in [4.69, 9.17) is 22.1 Å². The van der Waals surface area contributed by atoms with Gasteiger partial charge in [0.15, 0.2) is 0 Å². The molecule has 1 fully saturated rings. The van der Waals surface area contributed by atoms with Gasteiger partial charge in [-0.25, -0.2) is 15.0 Å². The summed E-state index contributed by atoms with van der Waals surface area (Å²) < 4.78 is 7.30. The van der Waals surface area contributed by atoms with Crippen LogP contribution in [0.3, 0.4) is 0 Å². The molecular weight excluding hydrogens is 464 g/mol.